The van der Waals surface area contributed by atoms with Gasteiger partial charge in [0.1, 0.15) is 0 Å². The number of amides is 1. The van der Waals surface area contributed by atoms with Gasteiger partial charge in [-0.3, -0.25) is 9.79 Å². The molecule has 1 amide bonds. The van der Waals surface area contributed by atoms with Crippen LogP contribution in [0.25, 0.3) is 0 Å². The molecule has 1 rings (SSSR count). The maximum Gasteiger partial charge on any atom is 0.248 e. The summed E-state index contributed by atoms with van der Waals surface area (Å²) < 4.78 is 0. The number of nitrogens with zero attached hydrogens (tertiary/aromatic N) is 1. The second kappa shape index (κ2) is 11.5. The van der Waals surface area contributed by atoms with Crippen LogP contribution >= 0.6 is 0 Å². The van der Waals surface area contributed by atoms with Gasteiger partial charge in [0.2, 0.25) is 5.91 Å². The fourth-order valence-corrected chi connectivity index (χ4v) is 2.43. The Morgan fingerprint density at radius 1 is 1.08 bits per heavy atom. The van der Waals surface area contributed by atoms with Crippen LogP contribution in [0, 0.1) is 5.92 Å². The van der Waals surface area contributed by atoms with Gasteiger partial charge in [0.15, 0.2) is 5.96 Å². The highest BCUT2D eigenvalue weighted by Gasteiger charge is 2.01. The van der Waals surface area contributed by atoms with Gasteiger partial charge in [-0.1, -0.05) is 51.7 Å². The van der Waals surface area contributed by atoms with E-state index in [1.54, 1.807) is 19.2 Å². The molecule has 1 aromatic carbocycles. The first kappa shape index (κ1) is 20.0. The SMILES string of the molecule is CN=C(NCCCCCCC(C)C)NCc1ccc(C(N)=O)cc1. The van der Waals surface area contributed by atoms with E-state index in [1.165, 1.54) is 25.7 Å². The molecule has 0 atom stereocenters. The highest BCUT2D eigenvalue weighted by Crippen LogP contribution is 2.09. The fourth-order valence-electron chi connectivity index (χ4n) is 2.43. The molecule has 0 unspecified atom stereocenters. The molecule has 0 bridgehead atoms. The van der Waals surface area contributed by atoms with E-state index >= 15 is 0 Å². The van der Waals surface area contributed by atoms with E-state index in [2.05, 4.69) is 29.5 Å². The Kier molecular flexibility index (Phi) is 9.58. The molecule has 0 spiro atoms. The zero-order chi connectivity index (χ0) is 17.8. The summed E-state index contributed by atoms with van der Waals surface area (Å²) in [5.74, 6) is 1.21. The molecule has 4 N–H and O–H groups in total. The van der Waals surface area contributed by atoms with Gasteiger partial charge in [-0.15, -0.1) is 0 Å². The molecule has 24 heavy (non-hydrogen) atoms. The van der Waals surface area contributed by atoms with Crippen LogP contribution in [0.1, 0.15) is 61.9 Å². The summed E-state index contributed by atoms with van der Waals surface area (Å²) >= 11 is 0. The molecule has 0 heterocycles. The minimum absolute atomic E-state index is 0.402. The number of hydrogen-bond donors (Lipinski definition) is 3. The van der Waals surface area contributed by atoms with E-state index in [9.17, 15) is 4.79 Å². The molecule has 5 nitrogen and oxygen atoms in total. The third-order valence-corrected chi connectivity index (χ3v) is 3.92. The molecule has 0 aliphatic rings. The Balaban J connectivity index is 2.19. The van der Waals surface area contributed by atoms with Crippen molar-refractivity contribution in [2.45, 2.75) is 52.5 Å². The molecule has 0 radical (unpaired) electrons. The molecule has 1 aromatic rings. The van der Waals surface area contributed by atoms with Crippen molar-refractivity contribution in [1.29, 1.82) is 0 Å². The lowest BCUT2D eigenvalue weighted by Gasteiger charge is -2.12. The Labute approximate surface area is 146 Å². The molecule has 0 fully saturated rings. The number of primary amides is 1. The quantitative estimate of drug-likeness (QED) is 0.350. The van der Waals surface area contributed by atoms with Gasteiger partial charge < -0.3 is 16.4 Å². The van der Waals surface area contributed by atoms with Crippen molar-refractivity contribution in [2.24, 2.45) is 16.6 Å². The summed E-state index contributed by atoms with van der Waals surface area (Å²) in [6.07, 6.45) is 6.37. The topological polar surface area (TPSA) is 79.5 Å². The number of rotatable bonds is 10. The molecule has 0 aliphatic carbocycles. The first-order chi connectivity index (χ1) is 11.5. The second-order valence-corrected chi connectivity index (χ2v) is 6.51. The van der Waals surface area contributed by atoms with Crippen molar-refractivity contribution < 1.29 is 4.79 Å². The summed E-state index contributed by atoms with van der Waals surface area (Å²) in [4.78, 5) is 15.3. The minimum Gasteiger partial charge on any atom is -0.366 e. The maximum atomic E-state index is 11.0. The highest BCUT2D eigenvalue weighted by molar-refractivity contribution is 5.92. The summed E-state index contributed by atoms with van der Waals surface area (Å²) in [7, 11) is 1.77. The number of aliphatic imine (C=N–C) groups is 1. The fraction of sp³-hybridized carbons (Fsp3) is 0.579. The number of guanidine groups is 1. The third kappa shape index (κ3) is 8.56. The summed E-state index contributed by atoms with van der Waals surface area (Å²) in [5, 5.41) is 6.61. The van der Waals surface area contributed by atoms with E-state index in [4.69, 9.17) is 5.73 Å². The molecule has 0 aliphatic heterocycles. The van der Waals surface area contributed by atoms with Gasteiger partial charge >= 0.3 is 0 Å². The number of nitrogens with one attached hydrogen (secondary N) is 2. The van der Waals surface area contributed by atoms with Crippen molar-refractivity contribution in [3.8, 4) is 0 Å². The van der Waals surface area contributed by atoms with Gasteiger partial charge in [-0.2, -0.15) is 0 Å². The van der Waals surface area contributed by atoms with Crippen LogP contribution in [0.3, 0.4) is 0 Å². The lowest BCUT2D eigenvalue weighted by molar-refractivity contribution is 0.100. The second-order valence-electron chi connectivity index (χ2n) is 6.51. The van der Waals surface area contributed by atoms with Crippen LogP contribution in [-0.4, -0.2) is 25.5 Å². The van der Waals surface area contributed by atoms with Crippen LogP contribution in [0.4, 0.5) is 0 Å². The largest absolute Gasteiger partial charge is 0.366 e. The van der Waals surface area contributed by atoms with Crippen molar-refractivity contribution >= 4 is 11.9 Å². The molecular weight excluding hydrogens is 300 g/mol. The smallest absolute Gasteiger partial charge is 0.248 e. The molecule has 0 saturated heterocycles. The Morgan fingerprint density at radius 2 is 1.75 bits per heavy atom. The van der Waals surface area contributed by atoms with E-state index < -0.39 is 5.91 Å². The predicted octanol–water partition coefficient (Wildman–Crippen LogP) is 3.06. The van der Waals surface area contributed by atoms with Gasteiger partial charge in [0, 0.05) is 25.7 Å². The number of nitrogens with two attached hydrogens (primary N) is 1. The zero-order valence-corrected chi connectivity index (χ0v) is 15.3. The van der Waals surface area contributed by atoms with Gasteiger partial charge in [-0.25, -0.2) is 0 Å². The Morgan fingerprint density at radius 3 is 2.33 bits per heavy atom. The van der Waals surface area contributed by atoms with Crippen molar-refractivity contribution in [2.75, 3.05) is 13.6 Å². The highest BCUT2D eigenvalue weighted by atomic mass is 16.1. The average molecular weight is 332 g/mol. The third-order valence-electron chi connectivity index (χ3n) is 3.92. The van der Waals surface area contributed by atoms with Crippen LogP contribution in [0.15, 0.2) is 29.3 Å². The lowest BCUT2D eigenvalue weighted by Crippen LogP contribution is -2.37. The molecular formula is C19H32N4O. The standard InChI is InChI=1S/C19H32N4O/c1-15(2)8-6-4-5-7-13-22-19(21-3)23-14-16-9-11-17(12-10-16)18(20)24/h9-12,15H,4-8,13-14H2,1-3H3,(H2,20,24)(H2,21,22,23). The first-order valence-electron chi connectivity index (χ1n) is 8.86. The summed E-state index contributed by atoms with van der Waals surface area (Å²) in [6.45, 7) is 6.15. The molecule has 0 aromatic heterocycles. The van der Waals surface area contributed by atoms with Gasteiger partial charge in [0.25, 0.3) is 0 Å². The van der Waals surface area contributed by atoms with Crippen LogP contribution < -0.4 is 16.4 Å². The molecule has 134 valence electrons. The first-order valence-corrected chi connectivity index (χ1v) is 8.86. The van der Waals surface area contributed by atoms with E-state index in [0.29, 0.717) is 12.1 Å². The number of carbonyl (C=O) groups excluding carboxylic acids is 1. The van der Waals surface area contributed by atoms with Crippen LogP contribution in [-0.2, 0) is 6.54 Å². The molecule has 0 saturated carbocycles. The monoisotopic (exact) mass is 332 g/mol. The number of unbranched alkanes of at least 4 members (excludes halogenated alkanes) is 3. The number of hydrogen-bond acceptors (Lipinski definition) is 2. The predicted molar refractivity (Wildman–Crippen MR) is 101 cm³/mol. The number of carbonyl (C=O) groups is 1. The lowest BCUT2D eigenvalue weighted by atomic mass is 10.0. The number of benzene rings is 1. The van der Waals surface area contributed by atoms with Crippen LogP contribution in [0.5, 0.6) is 0 Å². The van der Waals surface area contributed by atoms with Gasteiger partial charge in [0.05, 0.1) is 0 Å². The van der Waals surface area contributed by atoms with Crippen molar-refractivity contribution in [3.05, 3.63) is 35.4 Å². The van der Waals surface area contributed by atoms with E-state index in [1.807, 2.05) is 12.1 Å². The molecule has 5 heteroatoms. The average Bonchev–Trinajstić information content (AvgIpc) is 2.56. The van der Waals surface area contributed by atoms with Crippen LogP contribution in [0.2, 0.25) is 0 Å². The van der Waals surface area contributed by atoms with E-state index in [0.717, 1.165) is 30.4 Å². The maximum absolute atomic E-state index is 11.0. The minimum atomic E-state index is -0.402. The Hall–Kier alpha value is -2.04. The van der Waals surface area contributed by atoms with Crippen molar-refractivity contribution in [3.63, 3.8) is 0 Å². The summed E-state index contributed by atoms with van der Waals surface area (Å²) in [6, 6.07) is 7.28. The van der Waals surface area contributed by atoms with Crippen molar-refractivity contribution in [1.82, 2.24) is 10.6 Å². The Bertz CT molecular complexity index is 509. The van der Waals surface area contributed by atoms with E-state index in [-0.39, 0.29) is 0 Å². The summed E-state index contributed by atoms with van der Waals surface area (Å²) in [5.41, 5.74) is 6.84. The van der Waals surface area contributed by atoms with Gasteiger partial charge in [-0.05, 0) is 30.0 Å². The zero-order valence-electron chi connectivity index (χ0n) is 15.3. The normalized spacial score (nSPS) is 11.6.